The lowest BCUT2D eigenvalue weighted by molar-refractivity contribution is -0.119. The number of benzene rings is 1. The maximum absolute atomic E-state index is 13.3. The average molecular weight is 361 g/mol. The third-order valence-electron chi connectivity index (χ3n) is 3.76. The van der Waals surface area contributed by atoms with E-state index in [1.165, 1.54) is 30.3 Å². The van der Waals surface area contributed by atoms with Crippen molar-refractivity contribution in [3.05, 3.63) is 66.4 Å². The molecule has 0 saturated carbocycles. The van der Waals surface area contributed by atoms with Gasteiger partial charge in [0, 0.05) is 18.7 Å². The molecule has 5 nitrogen and oxygen atoms in total. The number of rotatable bonds is 8. The van der Waals surface area contributed by atoms with Crippen LogP contribution in [0.25, 0.3) is 0 Å². The molecule has 138 valence electrons. The maximum Gasteiger partial charge on any atom is 0.244 e. The van der Waals surface area contributed by atoms with Crippen LogP contribution in [-0.2, 0) is 11.2 Å². The van der Waals surface area contributed by atoms with Crippen molar-refractivity contribution >= 4 is 11.6 Å². The molecule has 7 heteroatoms. The van der Waals surface area contributed by atoms with E-state index in [1.807, 2.05) is 0 Å². The van der Waals surface area contributed by atoms with Gasteiger partial charge in [0.2, 0.25) is 11.8 Å². The Bertz CT molecular complexity index is 746. The largest absolute Gasteiger partial charge is 0.481 e. The van der Waals surface area contributed by atoms with Gasteiger partial charge in [0.15, 0.2) is 0 Å². The van der Waals surface area contributed by atoms with Crippen LogP contribution in [0.3, 0.4) is 0 Å². The van der Waals surface area contributed by atoms with Gasteiger partial charge in [0.1, 0.15) is 11.6 Å². The number of nitrogens with two attached hydrogens (primary N) is 1. The number of methoxy groups -OCH3 is 1. The van der Waals surface area contributed by atoms with Gasteiger partial charge in [0.05, 0.1) is 25.0 Å². The van der Waals surface area contributed by atoms with Gasteiger partial charge >= 0.3 is 0 Å². The molecule has 0 spiro atoms. The van der Waals surface area contributed by atoms with Crippen LogP contribution in [-0.4, -0.2) is 30.6 Å². The monoisotopic (exact) mass is 361 g/mol. The van der Waals surface area contributed by atoms with E-state index in [1.54, 1.807) is 18.2 Å². The highest BCUT2D eigenvalue weighted by Gasteiger charge is 2.23. The summed E-state index contributed by atoms with van der Waals surface area (Å²) in [6, 6.07) is 5.48. The molecule has 26 heavy (non-hydrogen) atoms. The second-order valence-corrected chi connectivity index (χ2v) is 5.71. The number of nitrogens with zero attached hydrogens (tertiary/aromatic N) is 2. The summed E-state index contributed by atoms with van der Waals surface area (Å²) in [5.74, 6) is -1.36. The van der Waals surface area contributed by atoms with Gasteiger partial charge in [-0.25, -0.2) is 13.8 Å². The number of amides is 1. The van der Waals surface area contributed by atoms with E-state index in [4.69, 9.17) is 10.5 Å². The van der Waals surface area contributed by atoms with Gasteiger partial charge in [-0.15, -0.1) is 6.58 Å². The molecule has 0 fully saturated rings. The fourth-order valence-electron chi connectivity index (χ4n) is 2.51. The predicted molar refractivity (Wildman–Crippen MR) is 96.0 cm³/mol. The van der Waals surface area contributed by atoms with E-state index in [2.05, 4.69) is 11.6 Å². The number of carbonyl (C=O) groups is 1. The van der Waals surface area contributed by atoms with Crippen LogP contribution in [0.1, 0.15) is 12.0 Å². The number of ether oxygens (including phenoxy) is 1. The van der Waals surface area contributed by atoms with Gasteiger partial charge in [-0.05, 0) is 36.6 Å². The Morgan fingerprint density at radius 1 is 1.35 bits per heavy atom. The second-order valence-electron chi connectivity index (χ2n) is 5.71. The molecule has 1 aromatic heterocycles. The fraction of sp³-hybridized carbons (Fsp3) is 0.263. The van der Waals surface area contributed by atoms with Gasteiger partial charge in [-0.3, -0.25) is 4.79 Å². The molecule has 1 atom stereocenters. The number of halogens is 2. The molecule has 2 rings (SSSR count). The van der Waals surface area contributed by atoms with Crippen LogP contribution in [0.4, 0.5) is 14.5 Å². The predicted octanol–water partition coefficient (Wildman–Crippen LogP) is 2.85. The highest BCUT2D eigenvalue weighted by Crippen LogP contribution is 2.19. The lowest BCUT2D eigenvalue weighted by Gasteiger charge is -2.25. The third-order valence-corrected chi connectivity index (χ3v) is 3.76. The minimum atomic E-state index is -0.955. The van der Waals surface area contributed by atoms with E-state index in [0.29, 0.717) is 30.1 Å². The zero-order chi connectivity index (χ0) is 19.1. The number of aromatic nitrogens is 1. The second kappa shape index (κ2) is 9.05. The van der Waals surface area contributed by atoms with Gasteiger partial charge in [-0.2, -0.15) is 0 Å². The molecular weight excluding hydrogens is 340 g/mol. The minimum Gasteiger partial charge on any atom is -0.481 e. The van der Waals surface area contributed by atoms with E-state index in [-0.39, 0.29) is 12.3 Å². The first-order chi connectivity index (χ1) is 12.4. The first kappa shape index (κ1) is 19.5. The Morgan fingerprint density at radius 3 is 2.58 bits per heavy atom. The Labute approximate surface area is 151 Å². The lowest BCUT2D eigenvalue weighted by atomic mass is 10.0. The molecule has 0 aliphatic heterocycles. The smallest absolute Gasteiger partial charge is 0.244 e. The van der Waals surface area contributed by atoms with E-state index >= 15 is 0 Å². The number of carbonyl (C=O) groups excluding carboxylic acids is 1. The number of anilines is 1. The summed E-state index contributed by atoms with van der Waals surface area (Å²) in [5, 5.41) is 0. The maximum atomic E-state index is 13.3. The standard InChI is InChI=1S/C19H21F2N3O2/c1-3-4-7-24(16-5-6-18(26-2)23-12-16)19(25)17(22)10-13-8-14(20)11-15(21)9-13/h3,5-6,8-9,11-12,17H,1,4,7,10,22H2,2H3/t17-/m0/s1. The normalized spacial score (nSPS) is 11.7. The summed E-state index contributed by atoms with van der Waals surface area (Å²) < 4.78 is 31.7. The zero-order valence-electron chi connectivity index (χ0n) is 14.5. The van der Waals surface area contributed by atoms with Gasteiger partial charge in [-0.1, -0.05) is 6.08 Å². The highest BCUT2D eigenvalue weighted by molar-refractivity contribution is 5.97. The van der Waals surface area contributed by atoms with Crippen LogP contribution in [0, 0.1) is 11.6 Å². The van der Waals surface area contributed by atoms with Crippen molar-refractivity contribution < 1.29 is 18.3 Å². The van der Waals surface area contributed by atoms with Crippen LogP contribution >= 0.6 is 0 Å². The van der Waals surface area contributed by atoms with E-state index in [9.17, 15) is 13.6 Å². The highest BCUT2D eigenvalue weighted by atomic mass is 19.1. The molecule has 2 N–H and O–H groups in total. The first-order valence-corrected chi connectivity index (χ1v) is 8.07. The number of hydrogen-bond acceptors (Lipinski definition) is 4. The Hall–Kier alpha value is -2.80. The van der Waals surface area contributed by atoms with Crippen molar-refractivity contribution in [2.45, 2.75) is 18.9 Å². The quantitative estimate of drug-likeness (QED) is 0.734. The Balaban J connectivity index is 2.19. The van der Waals surface area contributed by atoms with E-state index in [0.717, 1.165) is 6.07 Å². The summed E-state index contributed by atoms with van der Waals surface area (Å²) in [6.07, 6.45) is 3.76. The van der Waals surface area contributed by atoms with Gasteiger partial charge < -0.3 is 15.4 Å². The molecule has 1 heterocycles. The molecule has 1 aromatic carbocycles. The molecule has 0 saturated heterocycles. The summed E-state index contributed by atoms with van der Waals surface area (Å²) in [7, 11) is 1.50. The summed E-state index contributed by atoms with van der Waals surface area (Å²) in [6.45, 7) is 4.02. The van der Waals surface area contributed by atoms with Crippen LogP contribution in [0.15, 0.2) is 49.2 Å². The fourth-order valence-corrected chi connectivity index (χ4v) is 2.51. The first-order valence-electron chi connectivity index (χ1n) is 8.07. The van der Waals surface area contributed by atoms with Crippen LogP contribution < -0.4 is 15.4 Å². The topological polar surface area (TPSA) is 68.5 Å². The SMILES string of the molecule is C=CCCN(C(=O)[C@@H](N)Cc1cc(F)cc(F)c1)c1ccc(OC)nc1. The third kappa shape index (κ3) is 5.10. The Morgan fingerprint density at radius 2 is 2.04 bits per heavy atom. The molecule has 0 radical (unpaired) electrons. The number of hydrogen-bond donors (Lipinski definition) is 1. The molecule has 1 amide bonds. The zero-order valence-corrected chi connectivity index (χ0v) is 14.5. The molecule has 0 unspecified atom stereocenters. The van der Waals surface area contributed by atoms with Crippen molar-refractivity contribution in [1.82, 2.24) is 4.98 Å². The Kier molecular flexibility index (Phi) is 6.80. The van der Waals surface area contributed by atoms with Crippen LogP contribution in [0.2, 0.25) is 0 Å². The van der Waals surface area contributed by atoms with Crippen molar-refractivity contribution in [3.63, 3.8) is 0 Å². The van der Waals surface area contributed by atoms with Crippen molar-refractivity contribution in [3.8, 4) is 5.88 Å². The van der Waals surface area contributed by atoms with Crippen molar-refractivity contribution in [1.29, 1.82) is 0 Å². The summed E-state index contributed by atoms with van der Waals surface area (Å²) >= 11 is 0. The average Bonchev–Trinajstić information content (AvgIpc) is 2.61. The molecule has 0 bridgehead atoms. The molecular formula is C19H21F2N3O2. The molecule has 0 aliphatic rings. The van der Waals surface area contributed by atoms with Gasteiger partial charge in [0.25, 0.3) is 0 Å². The molecule has 0 aliphatic carbocycles. The van der Waals surface area contributed by atoms with Crippen LogP contribution in [0.5, 0.6) is 5.88 Å². The van der Waals surface area contributed by atoms with Crippen molar-refractivity contribution in [2.75, 3.05) is 18.6 Å². The summed E-state index contributed by atoms with van der Waals surface area (Å²) in [4.78, 5) is 18.4. The van der Waals surface area contributed by atoms with Crippen molar-refractivity contribution in [2.24, 2.45) is 5.73 Å². The molecule has 2 aromatic rings. The minimum absolute atomic E-state index is 0.0156. The summed E-state index contributed by atoms with van der Waals surface area (Å²) in [5.41, 5.74) is 6.88. The number of pyridine rings is 1. The lowest BCUT2D eigenvalue weighted by Crippen LogP contribution is -2.45. The van der Waals surface area contributed by atoms with E-state index < -0.39 is 17.7 Å².